The van der Waals surface area contributed by atoms with E-state index in [1.54, 1.807) is 11.3 Å². The van der Waals surface area contributed by atoms with Crippen molar-refractivity contribution in [3.63, 3.8) is 0 Å². The van der Waals surface area contributed by atoms with E-state index in [-0.39, 0.29) is 0 Å². The first kappa shape index (κ1) is 12.2. The number of hydrogen-bond acceptors (Lipinski definition) is 3. The highest BCUT2D eigenvalue weighted by atomic mass is 79.9. The molecular formula is C10H17BrN2S. The van der Waals surface area contributed by atoms with Crippen molar-refractivity contribution in [2.45, 2.75) is 38.6 Å². The Kier molecular flexibility index (Phi) is 5.70. The van der Waals surface area contributed by atoms with Crippen LogP contribution < -0.4 is 11.3 Å². The summed E-state index contributed by atoms with van der Waals surface area (Å²) in [6, 6.07) is 0.294. The maximum atomic E-state index is 5.55. The van der Waals surface area contributed by atoms with Gasteiger partial charge in [0.1, 0.15) is 0 Å². The molecule has 0 aliphatic rings. The average Bonchev–Trinajstić information content (AvgIpc) is 2.60. The molecule has 1 aromatic rings. The lowest BCUT2D eigenvalue weighted by atomic mass is 10.0. The van der Waals surface area contributed by atoms with Gasteiger partial charge in [-0.1, -0.05) is 26.2 Å². The third kappa shape index (κ3) is 3.35. The zero-order valence-electron chi connectivity index (χ0n) is 8.42. The third-order valence-electron chi connectivity index (χ3n) is 2.32. The molecule has 0 bridgehead atoms. The fraction of sp³-hybridized carbons (Fsp3) is 0.600. The number of unbranched alkanes of at least 4 members (excludes halogenated alkanes) is 2. The number of rotatable bonds is 6. The van der Waals surface area contributed by atoms with Gasteiger partial charge in [0.25, 0.3) is 0 Å². The minimum absolute atomic E-state index is 0.294. The molecule has 14 heavy (non-hydrogen) atoms. The summed E-state index contributed by atoms with van der Waals surface area (Å²) in [4.78, 5) is 0. The first-order chi connectivity index (χ1) is 6.79. The van der Waals surface area contributed by atoms with Gasteiger partial charge in [-0.3, -0.25) is 11.3 Å². The van der Waals surface area contributed by atoms with Gasteiger partial charge in [-0.25, -0.2) is 0 Å². The van der Waals surface area contributed by atoms with Gasteiger partial charge in [-0.15, -0.1) is 0 Å². The molecule has 1 unspecified atom stereocenters. The van der Waals surface area contributed by atoms with Crippen LogP contribution in [0.25, 0.3) is 0 Å². The Balaban J connectivity index is 2.50. The second-order valence-electron chi connectivity index (χ2n) is 3.39. The number of nitrogens with two attached hydrogens (primary N) is 1. The van der Waals surface area contributed by atoms with Crippen LogP contribution in [0.5, 0.6) is 0 Å². The molecule has 1 atom stereocenters. The van der Waals surface area contributed by atoms with Gasteiger partial charge in [0.15, 0.2) is 0 Å². The van der Waals surface area contributed by atoms with Crippen molar-refractivity contribution in [3.05, 3.63) is 20.8 Å². The first-order valence-electron chi connectivity index (χ1n) is 4.97. The molecule has 0 radical (unpaired) electrons. The van der Waals surface area contributed by atoms with E-state index in [1.807, 2.05) is 0 Å². The van der Waals surface area contributed by atoms with E-state index < -0.39 is 0 Å². The molecule has 3 N–H and O–H groups in total. The van der Waals surface area contributed by atoms with E-state index in [0.717, 1.165) is 6.42 Å². The average molecular weight is 277 g/mol. The Bertz CT molecular complexity index is 262. The van der Waals surface area contributed by atoms with Gasteiger partial charge in [0.2, 0.25) is 0 Å². The molecular weight excluding hydrogens is 260 g/mol. The van der Waals surface area contributed by atoms with E-state index in [4.69, 9.17) is 5.84 Å². The van der Waals surface area contributed by atoms with Crippen LogP contribution in [0.15, 0.2) is 15.2 Å². The topological polar surface area (TPSA) is 38.0 Å². The number of hydrogen-bond donors (Lipinski definition) is 2. The summed E-state index contributed by atoms with van der Waals surface area (Å²) in [6.07, 6.45) is 4.87. The van der Waals surface area contributed by atoms with Gasteiger partial charge in [-0.05, 0) is 33.3 Å². The number of hydrazine groups is 1. The highest BCUT2D eigenvalue weighted by molar-refractivity contribution is 9.10. The van der Waals surface area contributed by atoms with Crippen LogP contribution in [0.4, 0.5) is 0 Å². The quantitative estimate of drug-likeness (QED) is 0.473. The SMILES string of the molecule is CCCCCC(NN)c1cscc1Br. The zero-order chi connectivity index (χ0) is 10.4. The third-order valence-corrected chi connectivity index (χ3v) is 4.07. The smallest absolute Gasteiger partial charge is 0.0479 e. The minimum atomic E-state index is 0.294. The van der Waals surface area contributed by atoms with Crippen LogP contribution in [0.3, 0.4) is 0 Å². The Labute approximate surface area is 98.0 Å². The fourth-order valence-electron chi connectivity index (χ4n) is 1.47. The normalized spacial score (nSPS) is 13.1. The fourth-order valence-corrected chi connectivity index (χ4v) is 3.09. The van der Waals surface area contributed by atoms with Crippen molar-refractivity contribution in [2.24, 2.45) is 5.84 Å². The number of thiophene rings is 1. The molecule has 1 rings (SSSR count). The molecule has 0 aromatic carbocycles. The molecule has 0 aliphatic carbocycles. The molecule has 1 heterocycles. The van der Waals surface area contributed by atoms with Crippen LogP contribution in [-0.2, 0) is 0 Å². The van der Waals surface area contributed by atoms with Crippen LogP contribution in [0, 0.1) is 0 Å². The van der Waals surface area contributed by atoms with Gasteiger partial charge < -0.3 is 0 Å². The van der Waals surface area contributed by atoms with Crippen molar-refractivity contribution in [2.75, 3.05) is 0 Å². The predicted molar refractivity (Wildman–Crippen MR) is 66.2 cm³/mol. The van der Waals surface area contributed by atoms with E-state index in [1.165, 1.54) is 29.3 Å². The van der Waals surface area contributed by atoms with Crippen LogP contribution in [0.2, 0.25) is 0 Å². The monoisotopic (exact) mass is 276 g/mol. The Hall–Kier alpha value is 0.100. The highest BCUT2D eigenvalue weighted by Gasteiger charge is 2.12. The number of halogens is 1. The summed E-state index contributed by atoms with van der Waals surface area (Å²) in [5.74, 6) is 5.55. The highest BCUT2D eigenvalue weighted by Crippen LogP contribution is 2.29. The van der Waals surface area contributed by atoms with Gasteiger partial charge in [0.05, 0.1) is 0 Å². The van der Waals surface area contributed by atoms with Gasteiger partial charge >= 0.3 is 0 Å². The van der Waals surface area contributed by atoms with Crippen LogP contribution >= 0.6 is 27.3 Å². The predicted octanol–water partition coefficient (Wildman–Crippen LogP) is 3.60. The number of nitrogens with one attached hydrogen (secondary N) is 1. The first-order valence-corrected chi connectivity index (χ1v) is 6.70. The van der Waals surface area contributed by atoms with Gasteiger partial charge in [0, 0.05) is 15.9 Å². The summed E-state index contributed by atoms with van der Waals surface area (Å²) in [5.41, 5.74) is 4.17. The zero-order valence-corrected chi connectivity index (χ0v) is 10.8. The summed E-state index contributed by atoms with van der Waals surface area (Å²) >= 11 is 5.24. The summed E-state index contributed by atoms with van der Waals surface area (Å²) in [6.45, 7) is 2.21. The molecule has 0 amide bonds. The molecule has 2 nitrogen and oxygen atoms in total. The molecule has 4 heteroatoms. The molecule has 0 aliphatic heterocycles. The molecule has 0 fully saturated rings. The lowest BCUT2D eigenvalue weighted by Crippen LogP contribution is -2.27. The summed E-state index contributed by atoms with van der Waals surface area (Å²) in [5, 5.41) is 4.25. The minimum Gasteiger partial charge on any atom is -0.271 e. The standard InChI is InChI=1S/C10H17BrN2S/c1-2-3-4-5-10(13-12)8-6-14-7-9(8)11/h6-7,10,13H,2-5,12H2,1H3. The largest absolute Gasteiger partial charge is 0.271 e. The second kappa shape index (κ2) is 6.56. The van der Waals surface area contributed by atoms with Crippen molar-refractivity contribution >= 4 is 27.3 Å². The second-order valence-corrected chi connectivity index (χ2v) is 4.99. The van der Waals surface area contributed by atoms with Crippen LogP contribution in [-0.4, -0.2) is 0 Å². The Morgan fingerprint density at radius 3 is 2.79 bits per heavy atom. The van der Waals surface area contributed by atoms with E-state index in [9.17, 15) is 0 Å². The molecule has 80 valence electrons. The summed E-state index contributed by atoms with van der Waals surface area (Å²) < 4.78 is 1.17. The van der Waals surface area contributed by atoms with Crippen LogP contribution in [0.1, 0.15) is 44.2 Å². The lowest BCUT2D eigenvalue weighted by molar-refractivity contribution is 0.486. The van der Waals surface area contributed by atoms with E-state index in [0.29, 0.717) is 6.04 Å². The van der Waals surface area contributed by atoms with Crippen molar-refractivity contribution in [3.8, 4) is 0 Å². The maximum absolute atomic E-state index is 5.55. The van der Waals surface area contributed by atoms with Crippen molar-refractivity contribution in [1.29, 1.82) is 0 Å². The Morgan fingerprint density at radius 1 is 1.50 bits per heavy atom. The summed E-state index contributed by atoms with van der Waals surface area (Å²) in [7, 11) is 0. The molecule has 0 saturated heterocycles. The van der Waals surface area contributed by atoms with E-state index >= 15 is 0 Å². The molecule has 0 spiro atoms. The van der Waals surface area contributed by atoms with Gasteiger partial charge in [-0.2, -0.15) is 11.3 Å². The molecule has 1 aromatic heterocycles. The lowest BCUT2D eigenvalue weighted by Gasteiger charge is -2.14. The van der Waals surface area contributed by atoms with Crippen molar-refractivity contribution < 1.29 is 0 Å². The van der Waals surface area contributed by atoms with E-state index in [2.05, 4.69) is 39.0 Å². The molecule has 0 saturated carbocycles. The van der Waals surface area contributed by atoms with Crippen molar-refractivity contribution in [1.82, 2.24) is 5.43 Å². The Morgan fingerprint density at radius 2 is 2.29 bits per heavy atom. The maximum Gasteiger partial charge on any atom is 0.0479 e.